The van der Waals surface area contributed by atoms with Gasteiger partial charge in [-0.25, -0.2) is 0 Å². The Morgan fingerprint density at radius 3 is 1.56 bits per heavy atom. The number of rotatable bonds is 3. The standard InChI is InChI=1S/C42H26S/c1-2-9-27(10-3-1)30-19-21-37-38-22-20-31(25-40(38)36-16-7-6-15-35(36)39(37)24-30)29-12-8-13-32(23-29)41-26-33-18-17-28-11-4-5-14-34(28)42(33)43-41/h1-26H. The molecular weight excluding hydrogens is 537 g/mol. The molecule has 1 heteroatoms. The molecule has 0 spiro atoms. The highest BCUT2D eigenvalue weighted by atomic mass is 32.1. The summed E-state index contributed by atoms with van der Waals surface area (Å²) in [5.41, 5.74) is 6.24. The van der Waals surface area contributed by atoms with Crippen LogP contribution in [0.1, 0.15) is 0 Å². The molecule has 9 rings (SSSR count). The Morgan fingerprint density at radius 1 is 0.279 bits per heavy atom. The van der Waals surface area contributed by atoms with Gasteiger partial charge in [-0.2, -0.15) is 0 Å². The first-order valence-electron chi connectivity index (χ1n) is 14.8. The maximum Gasteiger partial charge on any atom is 0.0427 e. The molecule has 0 aliphatic carbocycles. The number of fused-ring (bicyclic) bond motifs is 9. The van der Waals surface area contributed by atoms with E-state index in [1.54, 1.807) is 0 Å². The predicted molar refractivity (Wildman–Crippen MR) is 188 cm³/mol. The average molecular weight is 563 g/mol. The molecule has 9 aromatic rings. The van der Waals surface area contributed by atoms with Gasteiger partial charge in [-0.05, 0) is 101 Å². The first kappa shape index (κ1) is 24.4. The summed E-state index contributed by atoms with van der Waals surface area (Å²) < 4.78 is 1.36. The van der Waals surface area contributed by atoms with Gasteiger partial charge in [-0.15, -0.1) is 11.3 Å². The van der Waals surface area contributed by atoms with Crippen molar-refractivity contribution in [2.45, 2.75) is 0 Å². The summed E-state index contributed by atoms with van der Waals surface area (Å²) in [6.45, 7) is 0. The first-order valence-corrected chi connectivity index (χ1v) is 15.6. The van der Waals surface area contributed by atoms with Gasteiger partial charge in [0.05, 0.1) is 0 Å². The summed E-state index contributed by atoms with van der Waals surface area (Å²) in [5, 5.41) is 11.7. The zero-order chi connectivity index (χ0) is 28.3. The second-order valence-electron chi connectivity index (χ2n) is 11.3. The normalized spacial score (nSPS) is 11.7. The lowest BCUT2D eigenvalue weighted by atomic mass is 9.90. The summed E-state index contributed by atoms with van der Waals surface area (Å²) in [5.74, 6) is 0. The van der Waals surface area contributed by atoms with Gasteiger partial charge in [-0.1, -0.05) is 133 Å². The Hall–Kier alpha value is -5.24. The van der Waals surface area contributed by atoms with E-state index >= 15 is 0 Å². The van der Waals surface area contributed by atoms with Gasteiger partial charge >= 0.3 is 0 Å². The fourth-order valence-electron chi connectivity index (χ4n) is 6.71. The van der Waals surface area contributed by atoms with Crippen molar-refractivity contribution in [3.8, 4) is 32.7 Å². The van der Waals surface area contributed by atoms with Crippen LogP contribution in [0, 0.1) is 0 Å². The van der Waals surface area contributed by atoms with Crippen LogP contribution >= 0.6 is 11.3 Å². The number of benzene rings is 8. The maximum absolute atomic E-state index is 2.39. The lowest BCUT2D eigenvalue weighted by molar-refractivity contribution is 1.64. The highest BCUT2D eigenvalue weighted by Crippen LogP contribution is 2.41. The highest BCUT2D eigenvalue weighted by Gasteiger charge is 2.13. The van der Waals surface area contributed by atoms with Gasteiger partial charge in [0.2, 0.25) is 0 Å². The molecule has 8 aromatic carbocycles. The van der Waals surface area contributed by atoms with Crippen LogP contribution in [-0.2, 0) is 0 Å². The van der Waals surface area contributed by atoms with E-state index in [0.29, 0.717) is 0 Å². The minimum absolute atomic E-state index is 1.24. The predicted octanol–water partition coefficient (Wildman–Crippen LogP) is 12.5. The fourth-order valence-corrected chi connectivity index (χ4v) is 7.90. The Balaban J connectivity index is 1.20. The quantitative estimate of drug-likeness (QED) is 0.188. The van der Waals surface area contributed by atoms with E-state index in [9.17, 15) is 0 Å². The van der Waals surface area contributed by atoms with Gasteiger partial charge in [0.25, 0.3) is 0 Å². The maximum atomic E-state index is 2.39. The topological polar surface area (TPSA) is 0 Å². The number of hydrogen-bond donors (Lipinski definition) is 0. The summed E-state index contributed by atoms with van der Waals surface area (Å²) in [4.78, 5) is 1.31. The molecule has 0 unspecified atom stereocenters. The number of hydrogen-bond acceptors (Lipinski definition) is 1. The van der Waals surface area contributed by atoms with Crippen LogP contribution < -0.4 is 0 Å². The minimum atomic E-state index is 1.24. The van der Waals surface area contributed by atoms with E-state index < -0.39 is 0 Å². The van der Waals surface area contributed by atoms with Gasteiger partial charge in [0.1, 0.15) is 0 Å². The van der Waals surface area contributed by atoms with E-state index in [4.69, 9.17) is 0 Å². The molecule has 0 nitrogen and oxygen atoms in total. The molecule has 0 radical (unpaired) electrons. The molecule has 0 aliphatic heterocycles. The Kier molecular flexibility index (Phi) is 5.47. The SMILES string of the molecule is c1ccc(-c2ccc3c4ccc(-c5cccc(-c6cc7ccc8ccccc8c7s6)c5)cc4c4ccccc4c3c2)cc1. The van der Waals surface area contributed by atoms with Crippen molar-refractivity contribution in [3.63, 3.8) is 0 Å². The third kappa shape index (κ3) is 3.97. The van der Waals surface area contributed by atoms with Crippen LogP contribution in [0.15, 0.2) is 158 Å². The van der Waals surface area contributed by atoms with E-state index in [1.807, 2.05) is 11.3 Å². The lowest BCUT2D eigenvalue weighted by Crippen LogP contribution is -1.86. The molecular formula is C42H26S. The zero-order valence-electron chi connectivity index (χ0n) is 23.4. The third-order valence-electron chi connectivity index (χ3n) is 8.83. The van der Waals surface area contributed by atoms with E-state index in [0.717, 1.165) is 0 Å². The van der Waals surface area contributed by atoms with Crippen molar-refractivity contribution >= 4 is 64.5 Å². The molecule has 200 valence electrons. The molecule has 1 aromatic heterocycles. The molecule has 0 saturated heterocycles. The molecule has 0 amide bonds. The minimum Gasteiger partial charge on any atom is -0.135 e. The van der Waals surface area contributed by atoms with Crippen LogP contribution in [0.2, 0.25) is 0 Å². The molecule has 0 fully saturated rings. The summed E-state index contributed by atoms with van der Waals surface area (Å²) in [6, 6.07) is 58.0. The van der Waals surface area contributed by atoms with Crippen molar-refractivity contribution in [2.24, 2.45) is 0 Å². The van der Waals surface area contributed by atoms with Crippen LogP contribution in [0.4, 0.5) is 0 Å². The molecule has 0 saturated carbocycles. The largest absolute Gasteiger partial charge is 0.135 e. The number of thiophene rings is 1. The summed E-state index contributed by atoms with van der Waals surface area (Å²) in [6.07, 6.45) is 0. The van der Waals surface area contributed by atoms with Crippen molar-refractivity contribution in [2.75, 3.05) is 0 Å². The molecule has 1 heterocycles. The summed E-state index contributed by atoms with van der Waals surface area (Å²) >= 11 is 1.89. The second kappa shape index (κ2) is 9.66. The van der Waals surface area contributed by atoms with Crippen LogP contribution in [0.25, 0.3) is 85.9 Å². The van der Waals surface area contributed by atoms with E-state index in [2.05, 4.69) is 158 Å². The van der Waals surface area contributed by atoms with Gasteiger partial charge in [0, 0.05) is 9.58 Å². The third-order valence-corrected chi connectivity index (χ3v) is 10.1. The highest BCUT2D eigenvalue weighted by molar-refractivity contribution is 7.23. The van der Waals surface area contributed by atoms with Gasteiger partial charge in [-0.3, -0.25) is 0 Å². The molecule has 0 atom stereocenters. The zero-order valence-corrected chi connectivity index (χ0v) is 24.2. The van der Waals surface area contributed by atoms with Crippen molar-refractivity contribution in [1.82, 2.24) is 0 Å². The Morgan fingerprint density at radius 2 is 0.814 bits per heavy atom. The van der Waals surface area contributed by atoms with Crippen molar-refractivity contribution in [3.05, 3.63) is 158 Å². The van der Waals surface area contributed by atoms with Crippen LogP contribution in [-0.4, -0.2) is 0 Å². The molecule has 43 heavy (non-hydrogen) atoms. The molecule has 0 bridgehead atoms. The Labute approximate surface area is 254 Å². The monoisotopic (exact) mass is 562 g/mol. The Bertz CT molecular complexity index is 2480. The second-order valence-corrected chi connectivity index (χ2v) is 12.4. The van der Waals surface area contributed by atoms with Gasteiger partial charge < -0.3 is 0 Å². The van der Waals surface area contributed by atoms with Crippen molar-refractivity contribution in [1.29, 1.82) is 0 Å². The van der Waals surface area contributed by atoms with E-state index in [1.165, 1.54) is 85.9 Å². The molecule has 0 aliphatic rings. The van der Waals surface area contributed by atoms with E-state index in [-0.39, 0.29) is 0 Å². The first-order chi connectivity index (χ1) is 21.3. The average Bonchev–Trinajstić information content (AvgIpc) is 3.54. The fraction of sp³-hybridized carbons (Fsp3) is 0. The van der Waals surface area contributed by atoms with Crippen LogP contribution in [0.3, 0.4) is 0 Å². The smallest absolute Gasteiger partial charge is 0.0427 e. The summed E-state index contributed by atoms with van der Waals surface area (Å²) in [7, 11) is 0. The van der Waals surface area contributed by atoms with Crippen molar-refractivity contribution < 1.29 is 0 Å². The van der Waals surface area contributed by atoms with Gasteiger partial charge in [0.15, 0.2) is 0 Å². The van der Waals surface area contributed by atoms with Crippen LogP contribution in [0.5, 0.6) is 0 Å². The molecule has 0 N–H and O–H groups in total. The lowest BCUT2D eigenvalue weighted by Gasteiger charge is -2.14.